The van der Waals surface area contributed by atoms with Gasteiger partial charge in [-0.2, -0.15) is 0 Å². The largest absolute Gasteiger partial charge is 1.00 e. The maximum Gasteiger partial charge on any atom is 1.00 e. The fourth-order valence-electron chi connectivity index (χ4n) is 0.824. The summed E-state index contributed by atoms with van der Waals surface area (Å²) in [5.74, 6) is -2.46. The predicted molar refractivity (Wildman–Crippen MR) is 36.4 cm³/mol. The van der Waals surface area contributed by atoms with Crippen molar-refractivity contribution in [2.24, 2.45) is 0 Å². The number of halogens is 1. The van der Waals surface area contributed by atoms with E-state index in [1.54, 1.807) is 0 Å². The van der Waals surface area contributed by atoms with E-state index in [0.717, 1.165) is 6.07 Å². The average molecular weight is 192 g/mol. The Labute approximate surface area is 96.5 Å². The van der Waals surface area contributed by atoms with Crippen LogP contribution in [0.1, 0.15) is 11.7 Å². The molecule has 0 bridgehead atoms. The maximum atomic E-state index is 12.7. The summed E-state index contributed by atoms with van der Waals surface area (Å²) in [5.41, 5.74) is -0.280. The molecule has 0 radical (unpaired) electrons. The summed E-state index contributed by atoms with van der Waals surface area (Å²) >= 11 is 0. The van der Waals surface area contributed by atoms with Crippen LogP contribution >= 0.6 is 0 Å². The van der Waals surface area contributed by atoms with Crippen LogP contribution in [0.5, 0.6) is 0 Å². The molecule has 0 aliphatic carbocycles. The third-order valence-electron chi connectivity index (χ3n) is 1.42. The molecule has 1 N–H and O–H groups in total. The number of carboxylic acid groups (broad SMARTS) is 1. The van der Waals surface area contributed by atoms with Crippen LogP contribution in [0.25, 0.3) is 0 Å². The predicted octanol–water partition coefficient (Wildman–Crippen LogP) is -3.39. The van der Waals surface area contributed by atoms with Crippen molar-refractivity contribution in [3.8, 4) is 0 Å². The van der Waals surface area contributed by atoms with Gasteiger partial charge in [0.05, 0.1) is 5.97 Å². The Morgan fingerprint density at radius 2 is 2.00 bits per heavy atom. The topological polar surface area (TPSA) is 60.4 Å². The first-order valence-corrected chi connectivity index (χ1v) is 3.26. The number of aliphatic carboxylic acids is 1. The number of aliphatic hydroxyl groups is 1. The Kier molecular flexibility index (Phi) is 5.17. The number of rotatable bonds is 2. The number of benzene rings is 1. The molecular formula is C8H6FNaO3. The van der Waals surface area contributed by atoms with Gasteiger partial charge in [0.15, 0.2) is 0 Å². The first-order chi connectivity index (χ1) is 5.63. The van der Waals surface area contributed by atoms with Gasteiger partial charge >= 0.3 is 29.6 Å². The van der Waals surface area contributed by atoms with Crippen LogP contribution in [0.4, 0.5) is 4.39 Å². The molecule has 0 aliphatic rings. The number of aliphatic hydroxyl groups excluding tert-OH is 1. The maximum absolute atomic E-state index is 12.7. The van der Waals surface area contributed by atoms with Gasteiger partial charge in [0.25, 0.3) is 0 Å². The molecule has 1 rings (SSSR count). The molecule has 0 heterocycles. The zero-order valence-corrected chi connectivity index (χ0v) is 9.03. The van der Waals surface area contributed by atoms with Crippen LogP contribution in [0.2, 0.25) is 0 Å². The third-order valence-corrected chi connectivity index (χ3v) is 1.42. The van der Waals surface area contributed by atoms with Gasteiger partial charge in [-0.3, -0.25) is 0 Å². The van der Waals surface area contributed by atoms with E-state index in [1.165, 1.54) is 18.2 Å². The number of carboxylic acids is 1. The van der Waals surface area contributed by atoms with Gasteiger partial charge in [-0.05, 0) is 6.07 Å². The van der Waals surface area contributed by atoms with E-state index in [2.05, 4.69) is 0 Å². The van der Waals surface area contributed by atoms with Crippen molar-refractivity contribution in [1.82, 2.24) is 0 Å². The molecule has 1 aromatic rings. The fourth-order valence-corrected chi connectivity index (χ4v) is 0.824. The summed E-state index contributed by atoms with van der Waals surface area (Å²) in [6, 6.07) is 5.10. The Balaban J connectivity index is 0.00000144. The molecular weight excluding hydrogens is 186 g/mol. The minimum atomic E-state index is -1.90. The van der Waals surface area contributed by atoms with Crippen molar-refractivity contribution in [2.45, 2.75) is 6.10 Å². The summed E-state index contributed by atoms with van der Waals surface area (Å²) in [7, 11) is 0. The number of carbonyl (C=O) groups excluding carboxylic acids is 1. The second-order valence-electron chi connectivity index (χ2n) is 2.24. The zero-order chi connectivity index (χ0) is 9.14. The Hall–Kier alpha value is -0.420. The van der Waals surface area contributed by atoms with Crippen LogP contribution < -0.4 is 34.7 Å². The molecule has 0 saturated heterocycles. The van der Waals surface area contributed by atoms with Crippen LogP contribution in [0.3, 0.4) is 0 Å². The molecule has 0 fully saturated rings. The molecule has 0 amide bonds. The second kappa shape index (κ2) is 5.34. The van der Waals surface area contributed by atoms with Crippen LogP contribution in [0.15, 0.2) is 24.3 Å². The standard InChI is InChI=1S/C8H7FO3.Na/c9-6-4-2-1-3-5(6)7(10)8(11)12;/h1-4,7,10H,(H,11,12);/q;+1/p-1. The third kappa shape index (κ3) is 3.08. The van der Waals surface area contributed by atoms with Crippen molar-refractivity contribution in [3.05, 3.63) is 35.6 Å². The molecule has 5 heteroatoms. The molecule has 3 nitrogen and oxygen atoms in total. The van der Waals surface area contributed by atoms with Crippen molar-refractivity contribution in [1.29, 1.82) is 0 Å². The van der Waals surface area contributed by atoms with Crippen LogP contribution in [-0.4, -0.2) is 11.1 Å². The van der Waals surface area contributed by atoms with E-state index < -0.39 is 17.9 Å². The first kappa shape index (κ1) is 12.6. The van der Waals surface area contributed by atoms with E-state index in [-0.39, 0.29) is 35.1 Å². The van der Waals surface area contributed by atoms with Gasteiger partial charge in [0.2, 0.25) is 0 Å². The Morgan fingerprint density at radius 1 is 1.46 bits per heavy atom. The van der Waals surface area contributed by atoms with Gasteiger partial charge in [0.1, 0.15) is 11.9 Å². The SMILES string of the molecule is O=C([O-])C(O)c1ccccc1F.[Na+]. The monoisotopic (exact) mass is 192 g/mol. The smallest absolute Gasteiger partial charge is 0.547 e. The summed E-state index contributed by atoms with van der Waals surface area (Å²) in [6.45, 7) is 0. The van der Waals surface area contributed by atoms with Gasteiger partial charge in [-0.25, -0.2) is 4.39 Å². The molecule has 0 spiro atoms. The Morgan fingerprint density at radius 3 is 2.46 bits per heavy atom. The quantitative estimate of drug-likeness (QED) is 0.497. The summed E-state index contributed by atoms with van der Waals surface area (Å²) < 4.78 is 12.7. The van der Waals surface area contributed by atoms with Gasteiger partial charge in [-0.15, -0.1) is 0 Å². The van der Waals surface area contributed by atoms with Crippen molar-refractivity contribution >= 4 is 5.97 Å². The molecule has 0 saturated carbocycles. The second-order valence-corrected chi connectivity index (χ2v) is 2.24. The van der Waals surface area contributed by atoms with Crippen molar-refractivity contribution < 1.29 is 49.0 Å². The van der Waals surface area contributed by atoms with E-state index >= 15 is 0 Å². The average Bonchev–Trinajstić information content (AvgIpc) is 2.04. The van der Waals surface area contributed by atoms with Crippen molar-refractivity contribution in [3.63, 3.8) is 0 Å². The van der Waals surface area contributed by atoms with Gasteiger partial charge in [0, 0.05) is 5.56 Å². The molecule has 1 atom stereocenters. The summed E-state index contributed by atoms with van der Waals surface area (Å²) in [4.78, 5) is 10.1. The van der Waals surface area contributed by atoms with E-state index in [1.807, 2.05) is 0 Å². The van der Waals surface area contributed by atoms with Crippen LogP contribution in [-0.2, 0) is 4.79 Å². The van der Waals surface area contributed by atoms with Gasteiger partial charge in [-0.1, -0.05) is 18.2 Å². The molecule has 64 valence electrons. The summed E-state index contributed by atoms with van der Waals surface area (Å²) in [5, 5.41) is 19.0. The first-order valence-electron chi connectivity index (χ1n) is 3.26. The fraction of sp³-hybridized carbons (Fsp3) is 0.125. The normalized spacial score (nSPS) is 11.5. The molecule has 0 aromatic heterocycles. The number of hydrogen-bond acceptors (Lipinski definition) is 3. The minimum Gasteiger partial charge on any atom is -0.547 e. The van der Waals surface area contributed by atoms with E-state index in [0.29, 0.717) is 0 Å². The number of hydrogen-bond donors (Lipinski definition) is 1. The summed E-state index contributed by atoms with van der Waals surface area (Å²) in [6.07, 6.45) is -1.90. The zero-order valence-electron chi connectivity index (χ0n) is 7.03. The van der Waals surface area contributed by atoms with Gasteiger partial charge < -0.3 is 15.0 Å². The van der Waals surface area contributed by atoms with Crippen LogP contribution in [0, 0.1) is 5.82 Å². The van der Waals surface area contributed by atoms with Crippen molar-refractivity contribution in [2.75, 3.05) is 0 Å². The Bertz CT molecular complexity index is 303. The molecule has 13 heavy (non-hydrogen) atoms. The number of carbonyl (C=O) groups is 1. The van der Waals surface area contributed by atoms with E-state index in [4.69, 9.17) is 5.11 Å². The minimum absolute atomic E-state index is 0. The molecule has 1 unspecified atom stereocenters. The van der Waals surface area contributed by atoms with E-state index in [9.17, 15) is 14.3 Å². The molecule has 0 aliphatic heterocycles. The molecule has 1 aromatic carbocycles.